The number of carbonyl (C=O) groups excluding carboxylic acids is 2. The first-order valence-corrected chi connectivity index (χ1v) is 10.9. The van der Waals surface area contributed by atoms with Gasteiger partial charge in [-0.2, -0.15) is 0 Å². The molecule has 1 amide bonds. The van der Waals surface area contributed by atoms with Crippen LogP contribution in [0.5, 0.6) is 0 Å². The quantitative estimate of drug-likeness (QED) is 0.680. The maximum atomic E-state index is 13.7. The van der Waals surface area contributed by atoms with Crippen LogP contribution in [0.25, 0.3) is 5.57 Å². The van der Waals surface area contributed by atoms with Crippen molar-refractivity contribution in [2.24, 2.45) is 5.92 Å². The Morgan fingerprint density at radius 1 is 1.06 bits per heavy atom. The Bertz CT molecular complexity index is 898. The number of nitrogens with zero attached hydrogens (tertiary/aromatic N) is 1. The molecule has 3 aliphatic rings. The Kier molecular flexibility index (Phi) is 5.70. The minimum Gasteiger partial charge on any atom is -0.427 e. The molecule has 1 saturated heterocycles. The van der Waals surface area contributed by atoms with Gasteiger partial charge in [-0.25, -0.2) is 5.06 Å². The van der Waals surface area contributed by atoms with E-state index in [2.05, 4.69) is 0 Å². The summed E-state index contributed by atoms with van der Waals surface area (Å²) >= 11 is 0. The lowest BCUT2D eigenvalue weighted by molar-refractivity contribution is -0.233. The number of amides is 1. The topological polar surface area (TPSA) is 74.3 Å². The number of carbonyl (C=O) groups is 2. The fourth-order valence-corrected chi connectivity index (χ4v) is 5.03. The van der Waals surface area contributed by atoms with Gasteiger partial charge in [0.25, 0.3) is 5.91 Å². The van der Waals surface area contributed by atoms with Crippen molar-refractivity contribution in [2.75, 3.05) is 20.3 Å². The molecular formula is C24H31NO6. The number of rotatable bonds is 4. The zero-order valence-electron chi connectivity index (χ0n) is 18.9. The summed E-state index contributed by atoms with van der Waals surface area (Å²) in [5.74, 6) is -1.20. The summed E-state index contributed by atoms with van der Waals surface area (Å²) in [6.07, 6.45) is 2.20. The van der Waals surface area contributed by atoms with Crippen LogP contribution < -0.4 is 0 Å². The highest BCUT2D eigenvalue weighted by atomic mass is 16.7. The van der Waals surface area contributed by atoms with Crippen LogP contribution in [-0.4, -0.2) is 48.6 Å². The molecule has 2 fully saturated rings. The number of esters is 1. The second kappa shape index (κ2) is 8.04. The van der Waals surface area contributed by atoms with Gasteiger partial charge in [-0.15, -0.1) is 0 Å². The number of hydroxylamine groups is 2. The van der Waals surface area contributed by atoms with Crippen LogP contribution in [-0.2, 0) is 28.6 Å². The van der Waals surface area contributed by atoms with E-state index in [0.717, 1.165) is 16.7 Å². The van der Waals surface area contributed by atoms with Crippen LogP contribution in [0.15, 0.2) is 24.0 Å². The molecule has 31 heavy (non-hydrogen) atoms. The van der Waals surface area contributed by atoms with Crippen LogP contribution in [0.3, 0.4) is 0 Å². The van der Waals surface area contributed by atoms with Crippen LogP contribution in [0.1, 0.15) is 56.2 Å². The van der Waals surface area contributed by atoms with Gasteiger partial charge in [0, 0.05) is 12.8 Å². The number of hydrogen-bond acceptors (Lipinski definition) is 6. The zero-order chi connectivity index (χ0) is 22.4. The molecular weight excluding hydrogens is 398 g/mol. The van der Waals surface area contributed by atoms with Crippen molar-refractivity contribution in [1.29, 1.82) is 0 Å². The summed E-state index contributed by atoms with van der Waals surface area (Å²) in [6.45, 7) is 8.63. The molecule has 1 aromatic carbocycles. The minimum absolute atomic E-state index is 0.282. The first kappa shape index (κ1) is 22.0. The van der Waals surface area contributed by atoms with E-state index in [9.17, 15) is 9.59 Å². The van der Waals surface area contributed by atoms with Gasteiger partial charge in [-0.1, -0.05) is 32.0 Å². The second-order valence-corrected chi connectivity index (χ2v) is 8.97. The maximum absolute atomic E-state index is 13.7. The third-order valence-electron chi connectivity index (χ3n) is 6.68. The van der Waals surface area contributed by atoms with E-state index in [1.165, 1.54) is 12.2 Å². The smallest absolute Gasteiger partial charge is 0.313 e. The Balaban J connectivity index is 1.86. The standard InChI is InChI=1S/C24H31NO6/c1-15(2)22(27)31-20-19(18-16(3)7-6-8-17(18)4)21(26)25(28-5)23(20)9-11-24(12-10-23)29-13-14-30-24/h6-8,15H,9-14H2,1-5H3. The number of aryl methyl sites for hydroxylation is 2. The van der Waals surface area contributed by atoms with Gasteiger partial charge in [0.1, 0.15) is 11.3 Å². The molecule has 0 bridgehead atoms. The number of benzene rings is 1. The molecule has 168 valence electrons. The van der Waals surface area contributed by atoms with E-state index < -0.39 is 11.3 Å². The highest BCUT2D eigenvalue weighted by molar-refractivity contribution is 6.23. The number of hydrogen-bond donors (Lipinski definition) is 0. The first-order chi connectivity index (χ1) is 14.7. The predicted molar refractivity (Wildman–Crippen MR) is 113 cm³/mol. The SMILES string of the molecule is CON1C(=O)C(c2c(C)cccc2C)=C(OC(=O)C(C)C)C12CCC1(CC2)OCCO1. The molecule has 0 radical (unpaired) electrons. The van der Waals surface area contributed by atoms with E-state index in [1.807, 2.05) is 32.0 Å². The summed E-state index contributed by atoms with van der Waals surface area (Å²) < 4.78 is 17.8. The predicted octanol–water partition coefficient (Wildman–Crippen LogP) is 3.67. The van der Waals surface area contributed by atoms with E-state index in [-0.39, 0.29) is 17.8 Å². The molecule has 4 rings (SSSR count). The summed E-state index contributed by atoms with van der Waals surface area (Å²) in [5.41, 5.74) is 2.23. The van der Waals surface area contributed by atoms with Crippen molar-refractivity contribution in [1.82, 2.24) is 5.06 Å². The number of ether oxygens (including phenoxy) is 3. The maximum Gasteiger partial charge on any atom is 0.313 e. The molecule has 1 aromatic rings. The van der Waals surface area contributed by atoms with Crippen molar-refractivity contribution in [3.05, 3.63) is 40.6 Å². The van der Waals surface area contributed by atoms with Gasteiger partial charge in [-0.05, 0) is 43.4 Å². The Morgan fingerprint density at radius 3 is 2.16 bits per heavy atom. The van der Waals surface area contributed by atoms with Crippen molar-refractivity contribution in [2.45, 2.75) is 64.7 Å². The van der Waals surface area contributed by atoms with E-state index in [0.29, 0.717) is 50.2 Å². The molecule has 1 saturated carbocycles. The molecule has 2 aliphatic heterocycles. The lowest BCUT2D eigenvalue weighted by Gasteiger charge is -2.45. The van der Waals surface area contributed by atoms with Gasteiger partial charge in [-0.3, -0.25) is 14.4 Å². The monoisotopic (exact) mass is 429 g/mol. The molecule has 7 heteroatoms. The van der Waals surface area contributed by atoms with Crippen LogP contribution >= 0.6 is 0 Å². The lowest BCUT2D eigenvalue weighted by atomic mass is 9.77. The third-order valence-corrected chi connectivity index (χ3v) is 6.68. The van der Waals surface area contributed by atoms with E-state index in [4.69, 9.17) is 19.0 Å². The van der Waals surface area contributed by atoms with Gasteiger partial charge in [0.2, 0.25) is 0 Å². The summed E-state index contributed by atoms with van der Waals surface area (Å²) in [6, 6.07) is 5.88. The zero-order valence-corrected chi connectivity index (χ0v) is 18.9. The third kappa shape index (κ3) is 3.49. The summed E-state index contributed by atoms with van der Waals surface area (Å²) in [5, 5.41) is 1.40. The fourth-order valence-electron chi connectivity index (χ4n) is 5.03. The van der Waals surface area contributed by atoms with E-state index in [1.54, 1.807) is 13.8 Å². The van der Waals surface area contributed by atoms with Gasteiger partial charge < -0.3 is 14.2 Å². The first-order valence-electron chi connectivity index (χ1n) is 10.9. The molecule has 0 aromatic heterocycles. The molecule has 2 spiro atoms. The van der Waals surface area contributed by atoms with Gasteiger partial charge in [0.05, 0.1) is 31.8 Å². The second-order valence-electron chi connectivity index (χ2n) is 8.97. The largest absolute Gasteiger partial charge is 0.427 e. The molecule has 1 aliphatic carbocycles. The molecule has 0 atom stereocenters. The summed E-state index contributed by atoms with van der Waals surface area (Å²) in [7, 11) is 1.49. The summed E-state index contributed by atoms with van der Waals surface area (Å²) in [4.78, 5) is 32.1. The van der Waals surface area contributed by atoms with Crippen LogP contribution in [0.2, 0.25) is 0 Å². The average Bonchev–Trinajstić information content (AvgIpc) is 3.27. The van der Waals surface area contributed by atoms with Gasteiger partial charge in [0.15, 0.2) is 5.79 Å². The molecule has 7 nitrogen and oxygen atoms in total. The Hall–Kier alpha value is -2.22. The van der Waals surface area contributed by atoms with Crippen molar-refractivity contribution in [3.63, 3.8) is 0 Å². The fraction of sp³-hybridized carbons (Fsp3) is 0.583. The van der Waals surface area contributed by atoms with Crippen LogP contribution in [0, 0.1) is 19.8 Å². The highest BCUT2D eigenvalue weighted by Crippen LogP contribution is 2.53. The van der Waals surface area contributed by atoms with Crippen molar-refractivity contribution < 1.29 is 28.6 Å². The van der Waals surface area contributed by atoms with E-state index >= 15 is 0 Å². The molecule has 0 N–H and O–H groups in total. The van der Waals surface area contributed by atoms with Crippen molar-refractivity contribution >= 4 is 17.4 Å². The van der Waals surface area contributed by atoms with Gasteiger partial charge >= 0.3 is 5.97 Å². The highest BCUT2D eigenvalue weighted by Gasteiger charge is 2.59. The van der Waals surface area contributed by atoms with Crippen LogP contribution in [0.4, 0.5) is 0 Å². The Morgan fingerprint density at radius 2 is 1.65 bits per heavy atom. The van der Waals surface area contributed by atoms with Crippen molar-refractivity contribution in [3.8, 4) is 0 Å². The average molecular weight is 430 g/mol. The molecule has 0 unspecified atom stereocenters. The molecule has 2 heterocycles. The Labute approximate surface area is 183 Å². The lowest BCUT2D eigenvalue weighted by Crippen LogP contribution is -2.54. The minimum atomic E-state index is -0.874. The normalized spacial score (nSPS) is 22.3.